The number of hydrogen-bond donors (Lipinski definition) is 1. The highest BCUT2D eigenvalue weighted by Gasteiger charge is 2.14. The van der Waals surface area contributed by atoms with Gasteiger partial charge in [-0.15, -0.1) is 0 Å². The van der Waals surface area contributed by atoms with Gasteiger partial charge in [0.2, 0.25) is 0 Å². The van der Waals surface area contributed by atoms with Crippen LogP contribution in [0.2, 0.25) is 0 Å². The van der Waals surface area contributed by atoms with Gasteiger partial charge in [0.15, 0.2) is 11.5 Å². The highest BCUT2D eigenvalue weighted by molar-refractivity contribution is 6.02. The molecular weight excluding hydrogens is 356 g/mol. The Balaban J connectivity index is 1.60. The molecule has 0 saturated carbocycles. The average Bonchev–Trinajstić information content (AvgIpc) is 3.12. The first-order valence-electron chi connectivity index (χ1n) is 8.01. The van der Waals surface area contributed by atoms with E-state index < -0.39 is 17.5 Å². The van der Waals surface area contributed by atoms with E-state index in [1.807, 2.05) is 0 Å². The number of hydrogen-bond acceptors (Lipinski definition) is 4. The van der Waals surface area contributed by atoms with Crippen molar-refractivity contribution >= 4 is 17.4 Å². The van der Waals surface area contributed by atoms with E-state index in [4.69, 9.17) is 9.15 Å². The van der Waals surface area contributed by atoms with Gasteiger partial charge in [0.25, 0.3) is 5.91 Å². The first kappa shape index (κ1) is 18.3. The lowest BCUT2D eigenvalue weighted by Crippen LogP contribution is -2.12. The Morgan fingerprint density at radius 2 is 1.78 bits per heavy atom. The maximum atomic E-state index is 13.6. The van der Waals surface area contributed by atoms with E-state index in [0.717, 1.165) is 12.1 Å². The minimum Gasteiger partial charge on any atom is -0.486 e. The maximum Gasteiger partial charge on any atom is 0.291 e. The molecule has 0 aliphatic heterocycles. The van der Waals surface area contributed by atoms with Gasteiger partial charge >= 0.3 is 0 Å². The van der Waals surface area contributed by atoms with Crippen LogP contribution < -0.4 is 10.1 Å². The van der Waals surface area contributed by atoms with Gasteiger partial charge in [0.1, 0.15) is 29.8 Å². The number of nitrogens with one attached hydrogen (secondary N) is 1. The normalized spacial score (nSPS) is 10.5. The molecule has 0 unspecified atom stereocenters. The maximum absolute atomic E-state index is 13.6. The van der Waals surface area contributed by atoms with E-state index in [0.29, 0.717) is 23.1 Å². The molecule has 0 fully saturated rings. The Hall–Kier alpha value is -3.48. The molecule has 0 aliphatic rings. The molecule has 1 amide bonds. The van der Waals surface area contributed by atoms with Gasteiger partial charge in [0, 0.05) is 11.6 Å². The van der Waals surface area contributed by atoms with Gasteiger partial charge in [0.05, 0.1) is 5.69 Å². The molecule has 0 spiro atoms. The summed E-state index contributed by atoms with van der Waals surface area (Å²) in [6.45, 7) is 1.54. The van der Waals surface area contributed by atoms with E-state index in [2.05, 4.69) is 5.32 Å². The number of ether oxygens (including phenoxy) is 1. The standard InChI is InChI=1S/C20H15F2NO4/c1-12(24)13-2-5-15(6-3-13)26-11-16-7-9-19(27-16)20(25)23-18-8-4-14(21)10-17(18)22/h2-10H,11H2,1H3,(H,23,25). The molecule has 0 bridgehead atoms. The van der Waals surface area contributed by atoms with Gasteiger partial charge < -0.3 is 14.5 Å². The molecule has 3 aromatic rings. The number of furan rings is 1. The van der Waals surface area contributed by atoms with Crippen LogP contribution in [0.4, 0.5) is 14.5 Å². The van der Waals surface area contributed by atoms with Crippen LogP contribution in [0, 0.1) is 11.6 Å². The topological polar surface area (TPSA) is 68.5 Å². The molecule has 138 valence electrons. The Kier molecular flexibility index (Phi) is 5.30. The van der Waals surface area contributed by atoms with Crippen molar-refractivity contribution in [3.63, 3.8) is 0 Å². The fourth-order valence-corrected chi connectivity index (χ4v) is 2.29. The van der Waals surface area contributed by atoms with Crippen molar-refractivity contribution in [1.82, 2.24) is 0 Å². The Bertz CT molecular complexity index is 980. The third kappa shape index (κ3) is 4.58. The highest BCUT2D eigenvalue weighted by Crippen LogP contribution is 2.19. The average molecular weight is 371 g/mol. The molecule has 7 heteroatoms. The van der Waals surface area contributed by atoms with Crippen molar-refractivity contribution in [2.75, 3.05) is 5.32 Å². The first-order valence-corrected chi connectivity index (χ1v) is 8.01. The number of Topliss-reactive ketones (excluding diaryl/α,β-unsaturated/α-hetero) is 1. The zero-order chi connectivity index (χ0) is 19.4. The molecule has 1 N–H and O–H groups in total. The zero-order valence-electron chi connectivity index (χ0n) is 14.3. The van der Waals surface area contributed by atoms with Crippen molar-refractivity contribution < 1.29 is 27.5 Å². The monoisotopic (exact) mass is 371 g/mol. The Labute approximate surface area is 153 Å². The summed E-state index contributed by atoms with van der Waals surface area (Å²) in [6.07, 6.45) is 0. The summed E-state index contributed by atoms with van der Waals surface area (Å²) in [5.41, 5.74) is 0.425. The summed E-state index contributed by atoms with van der Waals surface area (Å²) < 4.78 is 37.4. The van der Waals surface area contributed by atoms with Crippen molar-refractivity contribution in [1.29, 1.82) is 0 Å². The lowest BCUT2D eigenvalue weighted by atomic mass is 10.1. The summed E-state index contributed by atoms with van der Waals surface area (Å²) in [5, 5.41) is 2.31. The molecule has 1 aromatic heterocycles. The number of halogens is 2. The predicted molar refractivity (Wildman–Crippen MR) is 93.8 cm³/mol. The summed E-state index contributed by atoms with van der Waals surface area (Å²) in [7, 11) is 0. The summed E-state index contributed by atoms with van der Waals surface area (Å²) in [5.74, 6) is -1.44. The lowest BCUT2D eigenvalue weighted by Gasteiger charge is -2.05. The molecule has 5 nitrogen and oxygen atoms in total. The Morgan fingerprint density at radius 1 is 1.04 bits per heavy atom. The minimum atomic E-state index is -0.882. The van der Waals surface area contributed by atoms with E-state index >= 15 is 0 Å². The smallest absolute Gasteiger partial charge is 0.291 e. The largest absolute Gasteiger partial charge is 0.486 e. The predicted octanol–water partition coefficient (Wildman–Crippen LogP) is 4.59. The van der Waals surface area contributed by atoms with Crippen LogP contribution in [0.25, 0.3) is 0 Å². The molecule has 2 aromatic carbocycles. The van der Waals surface area contributed by atoms with E-state index in [9.17, 15) is 18.4 Å². The highest BCUT2D eigenvalue weighted by atomic mass is 19.1. The summed E-state index contributed by atoms with van der Waals surface area (Å²) in [4.78, 5) is 23.3. The van der Waals surface area contributed by atoms with Crippen molar-refractivity contribution in [2.24, 2.45) is 0 Å². The van der Waals surface area contributed by atoms with E-state index in [-0.39, 0.29) is 23.8 Å². The van der Waals surface area contributed by atoms with Gasteiger partial charge in [-0.05, 0) is 55.5 Å². The number of amides is 1. The van der Waals surface area contributed by atoms with Crippen molar-refractivity contribution in [2.45, 2.75) is 13.5 Å². The second-order valence-electron chi connectivity index (χ2n) is 5.71. The van der Waals surface area contributed by atoms with Crippen molar-refractivity contribution in [3.05, 3.63) is 83.3 Å². The van der Waals surface area contributed by atoms with Crippen molar-refractivity contribution in [3.8, 4) is 5.75 Å². The molecule has 1 heterocycles. The number of anilines is 1. The van der Waals surface area contributed by atoms with Crippen LogP contribution in [0.5, 0.6) is 5.75 Å². The third-order valence-electron chi connectivity index (χ3n) is 3.71. The van der Waals surface area contributed by atoms with Gasteiger partial charge in [-0.25, -0.2) is 8.78 Å². The molecule has 0 saturated heterocycles. The lowest BCUT2D eigenvalue weighted by molar-refractivity contribution is 0.0990. The molecule has 0 atom stereocenters. The van der Waals surface area contributed by atoms with Crippen LogP contribution in [0.3, 0.4) is 0 Å². The third-order valence-corrected chi connectivity index (χ3v) is 3.71. The SMILES string of the molecule is CC(=O)c1ccc(OCc2ccc(C(=O)Nc3ccc(F)cc3F)o2)cc1. The molecule has 3 rings (SSSR count). The molecule has 27 heavy (non-hydrogen) atoms. The quantitative estimate of drug-likeness (QED) is 0.644. The van der Waals surface area contributed by atoms with Gasteiger partial charge in [-0.2, -0.15) is 0 Å². The number of benzene rings is 2. The van der Waals surface area contributed by atoms with Crippen LogP contribution in [-0.4, -0.2) is 11.7 Å². The second-order valence-corrected chi connectivity index (χ2v) is 5.71. The fraction of sp³-hybridized carbons (Fsp3) is 0.100. The van der Waals surface area contributed by atoms with E-state index in [1.54, 1.807) is 30.3 Å². The van der Waals surface area contributed by atoms with Crippen LogP contribution in [-0.2, 0) is 6.61 Å². The second kappa shape index (κ2) is 7.82. The zero-order valence-corrected chi connectivity index (χ0v) is 14.3. The minimum absolute atomic E-state index is 0.0377. The van der Waals surface area contributed by atoms with Gasteiger partial charge in [-0.1, -0.05) is 0 Å². The number of rotatable bonds is 6. The number of ketones is 1. The van der Waals surface area contributed by atoms with Crippen LogP contribution >= 0.6 is 0 Å². The number of carbonyl (C=O) groups excluding carboxylic acids is 2. The first-order chi connectivity index (χ1) is 12.9. The van der Waals surface area contributed by atoms with Gasteiger partial charge in [-0.3, -0.25) is 9.59 Å². The Morgan fingerprint density at radius 3 is 2.44 bits per heavy atom. The van der Waals surface area contributed by atoms with E-state index in [1.165, 1.54) is 13.0 Å². The fourth-order valence-electron chi connectivity index (χ4n) is 2.29. The summed E-state index contributed by atoms with van der Waals surface area (Å²) in [6, 6.07) is 12.4. The van der Waals surface area contributed by atoms with Crippen LogP contribution in [0.1, 0.15) is 33.6 Å². The summed E-state index contributed by atoms with van der Waals surface area (Å²) >= 11 is 0. The molecule has 0 radical (unpaired) electrons. The van der Waals surface area contributed by atoms with Crippen LogP contribution in [0.15, 0.2) is 59.0 Å². The number of carbonyl (C=O) groups is 2. The molecular formula is C20H15F2NO4. The molecule has 0 aliphatic carbocycles.